The molecular formula is C26H32N4O8. The highest BCUT2D eigenvalue weighted by molar-refractivity contribution is 5.94. The van der Waals surface area contributed by atoms with Crippen molar-refractivity contribution in [2.24, 2.45) is 5.92 Å². The van der Waals surface area contributed by atoms with Crippen LogP contribution in [0.4, 0.5) is 10.5 Å². The Morgan fingerprint density at radius 1 is 1.21 bits per heavy atom. The summed E-state index contributed by atoms with van der Waals surface area (Å²) in [4.78, 5) is 65.6. The van der Waals surface area contributed by atoms with Crippen LogP contribution < -0.4 is 5.32 Å². The lowest BCUT2D eigenvalue weighted by Gasteiger charge is -2.29. The molecule has 1 N–H and O–H groups in total. The van der Waals surface area contributed by atoms with E-state index in [0.717, 1.165) is 19.3 Å². The van der Waals surface area contributed by atoms with Crippen LogP contribution in [0.25, 0.3) is 0 Å². The predicted molar refractivity (Wildman–Crippen MR) is 134 cm³/mol. The lowest BCUT2D eigenvalue weighted by Crippen LogP contribution is -2.55. The van der Waals surface area contributed by atoms with E-state index in [-0.39, 0.29) is 42.6 Å². The van der Waals surface area contributed by atoms with Gasteiger partial charge in [-0.05, 0) is 44.7 Å². The van der Waals surface area contributed by atoms with Gasteiger partial charge in [-0.25, -0.2) is 14.4 Å². The lowest BCUT2D eigenvalue weighted by molar-refractivity contribution is -0.384. The Hall–Kier alpha value is -3.96. The number of amides is 3. The molecule has 3 amide bonds. The topological polar surface area (TPSA) is 148 Å². The molecule has 2 heterocycles. The quantitative estimate of drug-likeness (QED) is 0.265. The van der Waals surface area contributed by atoms with Crippen LogP contribution in [0.15, 0.2) is 36.4 Å². The Bertz CT molecular complexity index is 1140. The normalized spacial score (nSPS) is 28.3. The fraction of sp³-hybridized carbons (Fsp3) is 0.538. The molecule has 2 fully saturated rings. The van der Waals surface area contributed by atoms with E-state index in [2.05, 4.69) is 5.32 Å². The van der Waals surface area contributed by atoms with E-state index in [0.29, 0.717) is 13.0 Å². The van der Waals surface area contributed by atoms with Gasteiger partial charge in [0.2, 0.25) is 5.91 Å². The largest absolute Gasteiger partial charge is 0.464 e. The van der Waals surface area contributed by atoms with E-state index in [9.17, 15) is 29.3 Å². The van der Waals surface area contributed by atoms with Gasteiger partial charge in [0.05, 0.1) is 23.6 Å². The van der Waals surface area contributed by atoms with Crippen molar-refractivity contribution in [1.29, 1.82) is 0 Å². The number of benzene rings is 1. The van der Waals surface area contributed by atoms with E-state index in [1.54, 1.807) is 18.9 Å². The number of urea groups is 1. The van der Waals surface area contributed by atoms with Gasteiger partial charge < -0.3 is 24.6 Å². The van der Waals surface area contributed by atoms with Crippen molar-refractivity contribution in [2.75, 3.05) is 26.7 Å². The summed E-state index contributed by atoms with van der Waals surface area (Å²) >= 11 is 0. The fourth-order valence-corrected chi connectivity index (χ4v) is 4.99. The first kappa shape index (κ1) is 27.1. The number of hydrogen-bond donors (Lipinski definition) is 1. The molecule has 12 heteroatoms. The number of ether oxygens (including phenoxy) is 2. The molecule has 12 nitrogen and oxygen atoms in total. The van der Waals surface area contributed by atoms with Crippen LogP contribution in [0.2, 0.25) is 0 Å². The van der Waals surface area contributed by atoms with E-state index in [1.807, 2.05) is 12.2 Å². The number of nitro benzene ring substituents is 1. The van der Waals surface area contributed by atoms with Crippen LogP contribution in [0.1, 0.15) is 49.4 Å². The number of carbonyl (C=O) groups excluding carboxylic acids is 4. The zero-order chi connectivity index (χ0) is 27.4. The number of carbonyl (C=O) groups is 4. The number of allylic oxidation sites excluding steroid dienone is 1. The second-order valence-electron chi connectivity index (χ2n) is 9.85. The average molecular weight is 529 g/mol. The molecule has 0 bridgehead atoms. The maximum absolute atomic E-state index is 13.5. The standard InChI is InChI=1S/C26H32N4O8/c1-3-37-24(33)26-15-18(26)8-6-4-5-7-13-28(2)22(31)21-14-20(16-29(21)25(34)27-26)38-23(32)17-9-11-19(12-10-17)30(35)36/h6,8-12,18,20-21H,3-5,7,13-16H2,1-2H3,(H,27,34)/b8-6-/t18-,20-,21-,26+/m0/s1. The number of nitro groups is 1. The first-order valence-electron chi connectivity index (χ1n) is 12.8. The number of nitrogens with zero attached hydrogens (tertiary/aromatic N) is 3. The molecule has 204 valence electrons. The van der Waals surface area contributed by atoms with E-state index < -0.39 is 40.6 Å². The molecular weight excluding hydrogens is 496 g/mol. The fourth-order valence-electron chi connectivity index (χ4n) is 4.99. The number of rotatable bonds is 5. The Labute approximate surface area is 220 Å². The summed E-state index contributed by atoms with van der Waals surface area (Å²) in [6.45, 7) is 2.33. The van der Waals surface area contributed by atoms with Gasteiger partial charge in [0.15, 0.2) is 0 Å². The predicted octanol–water partition coefficient (Wildman–Crippen LogP) is 2.42. The SMILES string of the molecule is CCOC(=O)[C@@]12C[C@@H]1/C=C\CCCCN(C)C(=O)[C@@H]1C[C@H](OC(=O)c3ccc([N+](=O)[O-])cc3)CN1C(=O)N2. The molecule has 0 spiro atoms. The zero-order valence-corrected chi connectivity index (χ0v) is 21.5. The van der Waals surface area contributed by atoms with Crippen LogP contribution in [0.3, 0.4) is 0 Å². The number of non-ortho nitro benzene ring substituents is 1. The van der Waals surface area contributed by atoms with Crippen molar-refractivity contribution < 1.29 is 33.6 Å². The maximum Gasteiger partial charge on any atom is 0.338 e. The number of likely N-dealkylation sites (N-methyl/N-ethyl adjacent to an activating group) is 1. The molecule has 4 atom stereocenters. The van der Waals surface area contributed by atoms with Crippen LogP contribution >= 0.6 is 0 Å². The minimum Gasteiger partial charge on any atom is -0.464 e. The molecule has 0 aromatic heterocycles. The first-order valence-corrected chi connectivity index (χ1v) is 12.8. The molecule has 0 unspecified atom stereocenters. The number of nitrogens with one attached hydrogen (secondary N) is 1. The van der Waals surface area contributed by atoms with Crippen LogP contribution in [-0.4, -0.2) is 83.0 Å². The van der Waals surface area contributed by atoms with Gasteiger partial charge in [-0.3, -0.25) is 14.9 Å². The highest BCUT2D eigenvalue weighted by Gasteiger charge is 2.62. The van der Waals surface area contributed by atoms with Gasteiger partial charge in [0.25, 0.3) is 5.69 Å². The third-order valence-electron chi connectivity index (χ3n) is 7.24. The summed E-state index contributed by atoms with van der Waals surface area (Å²) in [5.74, 6) is -1.72. The van der Waals surface area contributed by atoms with Crippen LogP contribution in [0.5, 0.6) is 0 Å². The molecule has 1 saturated carbocycles. The Morgan fingerprint density at radius 3 is 2.63 bits per heavy atom. The maximum atomic E-state index is 13.5. The van der Waals surface area contributed by atoms with Crippen molar-refractivity contribution in [3.05, 3.63) is 52.1 Å². The van der Waals surface area contributed by atoms with Crippen molar-refractivity contribution >= 4 is 29.6 Å². The lowest BCUT2D eigenvalue weighted by atomic mass is 10.1. The first-order chi connectivity index (χ1) is 18.2. The van der Waals surface area contributed by atoms with Crippen molar-refractivity contribution in [1.82, 2.24) is 15.1 Å². The molecule has 38 heavy (non-hydrogen) atoms. The Kier molecular flexibility index (Phi) is 7.98. The molecule has 1 aromatic rings. The van der Waals surface area contributed by atoms with Crippen molar-refractivity contribution in [3.8, 4) is 0 Å². The Morgan fingerprint density at radius 2 is 1.95 bits per heavy atom. The summed E-state index contributed by atoms with van der Waals surface area (Å²) in [6, 6.07) is 3.50. The van der Waals surface area contributed by atoms with Crippen LogP contribution in [0, 0.1) is 16.0 Å². The van der Waals surface area contributed by atoms with Crippen molar-refractivity contribution in [3.63, 3.8) is 0 Å². The Balaban J connectivity index is 1.54. The van der Waals surface area contributed by atoms with Gasteiger partial charge in [-0.15, -0.1) is 0 Å². The van der Waals surface area contributed by atoms with Gasteiger partial charge in [0, 0.05) is 38.1 Å². The van der Waals surface area contributed by atoms with Gasteiger partial charge in [-0.2, -0.15) is 0 Å². The molecule has 3 aliphatic rings. The summed E-state index contributed by atoms with van der Waals surface area (Å²) in [5.41, 5.74) is -1.24. The third kappa shape index (κ3) is 5.63. The molecule has 1 aliphatic carbocycles. The molecule has 1 saturated heterocycles. The van der Waals surface area contributed by atoms with Gasteiger partial charge in [0.1, 0.15) is 17.7 Å². The third-order valence-corrected chi connectivity index (χ3v) is 7.24. The highest BCUT2D eigenvalue weighted by atomic mass is 16.6. The minimum absolute atomic E-state index is 0.0474. The summed E-state index contributed by atoms with van der Waals surface area (Å²) in [5, 5.41) is 13.7. The average Bonchev–Trinajstić information content (AvgIpc) is 3.42. The number of fused-ring (bicyclic) bond motifs is 2. The van der Waals surface area contributed by atoms with E-state index in [4.69, 9.17) is 9.47 Å². The summed E-state index contributed by atoms with van der Waals surface area (Å²) in [7, 11) is 1.67. The van der Waals surface area contributed by atoms with Gasteiger partial charge in [-0.1, -0.05) is 12.2 Å². The minimum atomic E-state index is -1.19. The summed E-state index contributed by atoms with van der Waals surface area (Å²) < 4.78 is 10.8. The molecule has 1 aromatic carbocycles. The molecule has 4 rings (SSSR count). The summed E-state index contributed by atoms with van der Waals surface area (Å²) in [6.07, 6.45) is 6.08. The number of esters is 2. The molecule has 0 radical (unpaired) electrons. The van der Waals surface area contributed by atoms with Crippen molar-refractivity contribution in [2.45, 2.75) is 56.7 Å². The highest BCUT2D eigenvalue weighted by Crippen LogP contribution is 2.46. The molecule has 2 aliphatic heterocycles. The smallest absolute Gasteiger partial charge is 0.338 e. The van der Waals surface area contributed by atoms with E-state index >= 15 is 0 Å². The second-order valence-corrected chi connectivity index (χ2v) is 9.85. The zero-order valence-electron chi connectivity index (χ0n) is 21.5. The monoisotopic (exact) mass is 528 g/mol. The van der Waals surface area contributed by atoms with Gasteiger partial charge >= 0.3 is 18.0 Å². The van der Waals surface area contributed by atoms with E-state index in [1.165, 1.54) is 29.2 Å². The number of hydrogen-bond acceptors (Lipinski definition) is 8. The second kappa shape index (κ2) is 11.2. The van der Waals surface area contributed by atoms with Crippen LogP contribution in [-0.2, 0) is 19.1 Å².